The summed E-state index contributed by atoms with van der Waals surface area (Å²) in [5.74, 6) is -2.41. The summed E-state index contributed by atoms with van der Waals surface area (Å²) in [6.07, 6.45) is -4.94. The molecule has 11 nitrogen and oxygen atoms in total. The van der Waals surface area contributed by atoms with E-state index in [1.165, 1.54) is 11.3 Å². The average Bonchev–Trinajstić information content (AvgIpc) is 3.35. The van der Waals surface area contributed by atoms with Gasteiger partial charge in [-0.25, -0.2) is 0 Å². The van der Waals surface area contributed by atoms with Gasteiger partial charge in [-0.1, -0.05) is 6.07 Å². The number of nitrogens with zero attached hydrogens (tertiary/aromatic N) is 1. The van der Waals surface area contributed by atoms with Gasteiger partial charge < -0.3 is 24.3 Å². The lowest BCUT2D eigenvalue weighted by Gasteiger charge is -2.46. The highest BCUT2D eigenvalue weighted by atomic mass is 32.1. The van der Waals surface area contributed by atoms with E-state index >= 15 is 0 Å². The van der Waals surface area contributed by atoms with Gasteiger partial charge in [-0.3, -0.25) is 28.9 Å². The Morgan fingerprint density at radius 2 is 1.35 bits per heavy atom. The van der Waals surface area contributed by atoms with Crippen LogP contribution in [0.5, 0.6) is 0 Å². The SMILES string of the molecule is CC(C)(C)NC(=O)[C@H](c1cccs1)N(C=O)[C@H]1OC[C@@H](OC(=O)C(C)(C)C)C(OC(=O)C(C)(C)C)C1OC(=O)C(C)(C)C. The van der Waals surface area contributed by atoms with E-state index in [2.05, 4.69) is 5.32 Å². The van der Waals surface area contributed by atoms with E-state index in [9.17, 15) is 24.0 Å². The molecule has 2 unspecified atom stereocenters. The molecule has 1 saturated heterocycles. The van der Waals surface area contributed by atoms with Crippen LogP contribution in [0.2, 0.25) is 0 Å². The lowest BCUT2D eigenvalue weighted by Crippen LogP contribution is -2.64. The van der Waals surface area contributed by atoms with Crippen LogP contribution in [-0.4, -0.2) is 71.8 Å². The number of nitrogens with one attached hydrogen (secondary N) is 1. The van der Waals surface area contributed by atoms with E-state index in [4.69, 9.17) is 18.9 Å². The summed E-state index contributed by atoms with van der Waals surface area (Å²) in [5.41, 5.74) is -3.51. The number of carbonyl (C=O) groups is 5. The molecule has 1 aromatic rings. The second-order valence-corrected chi connectivity index (χ2v) is 15.8. The van der Waals surface area contributed by atoms with Crippen molar-refractivity contribution in [2.75, 3.05) is 6.61 Å². The van der Waals surface area contributed by atoms with Crippen LogP contribution < -0.4 is 5.32 Å². The van der Waals surface area contributed by atoms with Crippen LogP contribution >= 0.6 is 11.3 Å². The molecule has 1 fully saturated rings. The average molecular weight is 625 g/mol. The molecule has 1 aliphatic rings. The molecule has 43 heavy (non-hydrogen) atoms. The predicted octanol–water partition coefficient (Wildman–Crippen LogP) is 4.39. The number of hydrogen-bond donors (Lipinski definition) is 1. The lowest BCUT2D eigenvalue weighted by molar-refractivity contribution is -0.256. The van der Waals surface area contributed by atoms with Gasteiger partial charge in [0.05, 0.1) is 22.9 Å². The summed E-state index contributed by atoms with van der Waals surface area (Å²) in [4.78, 5) is 67.7. The Morgan fingerprint density at radius 1 is 0.860 bits per heavy atom. The minimum atomic E-state index is -1.46. The zero-order valence-electron chi connectivity index (χ0n) is 27.4. The van der Waals surface area contributed by atoms with Crippen LogP contribution in [0.25, 0.3) is 0 Å². The van der Waals surface area contributed by atoms with Gasteiger partial charge in [0.15, 0.2) is 24.5 Å². The summed E-state index contributed by atoms with van der Waals surface area (Å²) >= 11 is 1.26. The van der Waals surface area contributed by atoms with E-state index in [0.29, 0.717) is 11.3 Å². The van der Waals surface area contributed by atoms with Crippen molar-refractivity contribution in [3.8, 4) is 0 Å². The first-order valence-electron chi connectivity index (χ1n) is 14.3. The van der Waals surface area contributed by atoms with E-state index in [1.807, 2.05) is 20.8 Å². The molecule has 0 spiro atoms. The van der Waals surface area contributed by atoms with Crippen LogP contribution in [0.15, 0.2) is 17.5 Å². The van der Waals surface area contributed by atoms with Gasteiger partial charge in [0.1, 0.15) is 6.04 Å². The van der Waals surface area contributed by atoms with Crippen LogP contribution in [0.3, 0.4) is 0 Å². The summed E-state index contributed by atoms with van der Waals surface area (Å²) in [6.45, 7) is 20.0. The smallest absolute Gasteiger partial charge is 0.311 e. The first-order valence-corrected chi connectivity index (χ1v) is 15.2. The number of hydrogen-bond acceptors (Lipinski definition) is 10. The molecule has 0 bridgehead atoms. The van der Waals surface area contributed by atoms with Crippen molar-refractivity contribution in [1.82, 2.24) is 10.2 Å². The quantitative estimate of drug-likeness (QED) is 0.254. The van der Waals surface area contributed by atoms with Gasteiger partial charge in [-0.15, -0.1) is 11.3 Å². The van der Waals surface area contributed by atoms with E-state index < -0.39 is 76.2 Å². The van der Waals surface area contributed by atoms with Gasteiger partial charge in [0.25, 0.3) is 0 Å². The fourth-order valence-electron chi connectivity index (χ4n) is 3.86. The molecule has 242 valence electrons. The third kappa shape index (κ3) is 9.76. The third-order valence-corrected chi connectivity index (χ3v) is 7.18. The number of carbonyl (C=O) groups excluding carboxylic acids is 5. The minimum absolute atomic E-state index is 0.305. The largest absolute Gasteiger partial charge is 0.455 e. The lowest BCUT2D eigenvalue weighted by atomic mass is 9.94. The van der Waals surface area contributed by atoms with E-state index in [-0.39, 0.29) is 6.61 Å². The van der Waals surface area contributed by atoms with Crippen LogP contribution in [0.4, 0.5) is 0 Å². The molecule has 2 rings (SSSR count). The molecule has 0 aliphatic carbocycles. The number of esters is 3. The summed E-state index contributed by atoms with van der Waals surface area (Å²) in [6, 6.07) is 2.28. The zero-order valence-corrected chi connectivity index (χ0v) is 28.2. The van der Waals surface area contributed by atoms with Crippen molar-refractivity contribution in [3.63, 3.8) is 0 Å². The van der Waals surface area contributed by atoms with Crippen molar-refractivity contribution in [2.45, 2.75) is 119 Å². The summed E-state index contributed by atoms with van der Waals surface area (Å²) in [7, 11) is 0. The molecule has 5 atom stereocenters. The summed E-state index contributed by atoms with van der Waals surface area (Å²) in [5, 5.41) is 4.67. The van der Waals surface area contributed by atoms with E-state index in [0.717, 1.165) is 4.90 Å². The molecule has 2 amide bonds. The number of amides is 2. The standard InChI is InChI=1S/C31H48N2O9S/c1-28(2,3)25(36)40-18-16-39-24(22(42-27(38)30(7,8)9)21(18)41-26(37)29(4,5)6)33(17-34)20(19-14-13-15-43-19)23(35)32-31(10,11)12/h13-15,17-18,20-22,24H,16H2,1-12H3,(H,32,35)/t18-,20+,21?,22?,24+/m1/s1. The van der Waals surface area contributed by atoms with E-state index in [1.54, 1.807) is 79.8 Å². The maximum Gasteiger partial charge on any atom is 0.311 e. The van der Waals surface area contributed by atoms with Gasteiger partial charge in [0, 0.05) is 10.4 Å². The first-order chi connectivity index (χ1) is 19.5. The Kier molecular flexibility index (Phi) is 11.2. The Bertz CT molecular complexity index is 1150. The second-order valence-electron chi connectivity index (χ2n) is 14.9. The van der Waals surface area contributed by atoms with Crippen LogP contribution in [0, 0.1) is 16.2 Å². The van der Waals surface area contributed by atoms with Gasteiger partial charge in [0.2, 0.25) is 12.3 Å². The number of rotatable bonds is 8. The monoisotopic (exact) mass is 624 g/mol. The third-order valence-electron chi connectivity index (χ3n) is 6.26. The molecular weight excluding hydrogens is 576 g/mol. The molecular formula is C31H48N2O9S. The molecule has 1 aliphatic heterocycles. The highest BCUT2D eigenvalue weighted by Gasteiger charge is 2.53. The number of ether oxygens (including phenoxy) is 4. The molecule has 1 aromatic heterocycles. The first kappa shape index (κ1) is 36.2. The van der Waals surface area contributed by atoms with Gasteiger partial charge >= 0.3 is 17.9 Å². The zero-order chi connectivity index (χ0) is 33.1. The molecule has 1 N–H and O–H groups in total. The van der Waals surface area contributed by atoms with Crippen molar-refractivity contribution in [1.29, 1.82) is 0 Å². The van der Waals surface area contributed by atoms with Crippen molar-refractivity contribution < 1.29 is 42.9 Å². The Morgan fingerprint density at radius 3 is 1.77 bits per heavy atom. The second kappa shape index (κ2) is 13.3. The maximum atomic E-state index is 13.7. The Labute approximate surface area is 258 Å². The van der Waals surface area contributed by atoms with Crippen LogP contribution in [0.1, 0.15) is 94.0 Å². The normalized spacial score (nSPS) is 22.1. The maximum absolute atomic E-state index is 13.7. The highest BCUT2D eigenvalue weighted by molar-refractivity contribution is 7.10. The fourth-order valence-corrected chi connectivity index (χ4v) is 4.69. The van der Waals surface area contributed by atoms with Crippen molar-refractivity contribution in [2.24, 2.45) is 16.2 Å². The minimum Gasteiger partial charge on any atom is -0.455 e. The number of thiophene rings is 1. The molecule has 0 saturated carbocycles. The van der Waals surface area contributed by atoms with Crippen LogP contribution in [-0.2, 0) is 42.9 Å². The van der Waals surface area contributed by atoms with Crippen molar-refractivity contribution in [3.05, 3.63) is 22.4 Å². The Hall–Kier alpha value is -2.99. The predicted molar refractivity (Wildman–Crippen MR) is 161 cm³/mol. The van der Waals surface area contributed by atoms with Gasteiger partial charge in [-0.2, -0.15) is 0 Å². The topological polar surface area (TPSA) is 138 Å². The Balaban J connectivity index is 2.71. The molecule has 2 heterocycles. The fraction of sp³-hybridized carbons (Fsp3) is 0.710. The molecule has 0 radical (unpaired) electrons. The highest BCUT2D eigenvalue weighted by Crippen LogP contribution is 2.35. The van der Waals surface area contributed by atoms with Crippen molar-refractivity contribution >= 4 is 41.6 Å². The molecule has 0 aromatic carbocycles. The molecule has 12 heteroatoms. The summed E-state index contributed by atoms with van der Waals surface area (Å²) < 4.78 is 23.8. The van der Waals surface area contributed by atoms with Gasteiger partial charge in [-0.05, 0) is 94.5 Å².